The Morgan fingerprint density at radius 2 is 0.578 bits per heavy atom. The summed E-state index contributed by atoms with van der Waals surface area (Å²) in [6, 6.07) is 0. The summed E-state index contributed by atoms with van der Waals surface area (Å²) in [4.78, 5) is 72.2. The van der Waals surface area contributed by atoms with E-state index in [-0.39, 0.29) is 25.7 Å². The minimum Gasteiger partial charge on any atom is -0.462 e. The van der Waals surface area contributed by atoms with E-state index >= 15 is 0 Å². The number of phosphoric acid groups is 2. The summed E-state index contributed by atoms with van der Waals surface area (Å²) < 4.78 is 68.0. The van der Waals surface area contributed by atoms with Gasteiger partial charge in [0.05, 0.1) is 26.4 Å². The number of unbranched alkanes of at least 4 members (excludes halogenated alkanes) is 26. The molecule has 0 spiro atoms. The van der Waals surface area contributed by atoms with Gasteiger partial charge in [-0.3, -0.25) is 37.3 Å². The van der Waals surface area contributed by atoms with Crippen LogP contribution in [0.1, 0.15) is 306 Å². The number of carbonyl (C=O) groups excluding carboxylic acids is 4. The van der Waals surface area contributed by atoms with Crippen molar-refractivity contribution in [2.45, 2.75) is 324 Å². The smallest absolute Gasteiger partial charge is 0.462 e. The zero-order chi connectivity index (χ0) is 61.8. The quantitative estimate of drug-likeness (QED) is 0.0222. The molecule has 0 saturated carbocycles. The molecule has 0 aromatic carbocycles. The van der Waals surface area contributed by atoms with Crippen molar-refractivity contribution in [3.8, 4) is 0 Å². The molecule has 0 bridgehead atoms. The van der Waals surface area contributed by atoms with Gasteiger partial charge >= 0.3 is 39.5 Å². The highest BCUT2D eigenvalue weighted by Gasteiger charge is 2.30. The van der Waals surface area contributed by atoms with Crippen molar-refractivity contribution in [1.82, 2.24) is 0 Å². The summed E-state index contributed by atoms with van der Waals surface area (Å²) in [5.74, 6) is 0.737. The number of aliphatic hydroxyl groups is 1. The van der Waals surface area contributed by atoms with Crippen LogP contribution in [0.2, 0.25) is 0 Å². The second kappa shape index (κ2) is 54.2. The summed E-state index contributed by atoms with van der Waals surface area (Å²) in [7, 11) is -9.89. The Morgan fingerprint density at radius 1 is 0.337 bits per heavy atom. The van der Waals surface area contributed by atoms with Gasteiger partial charge in [0.1, 0.15) is 19.3 Å². The Labute approximate surface area is 505 Å². The van der Waals surface area contributed by atoms with Gasteiger partial charge in [0, 0.05) is 25.7 Å². The largest absolute Gasteiger partial charge is 0.472 e. The number of rotatable bonds is 61. The van der Waals surface area contributed by atoms with E-state index in [2.05, 4.69) is 55.4 Å². The minimum atomic E-state index is -4.95. The molecular formula is C64H124O17P2. The van der Waals surface area contributed by atoms with Gasteiger partial charge < -0.3 is 33.8 Å². The van der Waals surface area contributed by atoms with Crippen LogP contribution in [0.15, 0.2) is 0 Å². The first-order valence-electron chi connectivity index (χ1n) is 33.2. The first kappa shape index (κ1) is 81.1. The molecule has 6 atom stereocenters. The van der Waals surface area contributed by atoms with Crippen LogP contribution in [0.4, 0.5) is 0 Å². The topological polar surface area (TPSA) is 237 Å². The lowest BCUT2D eigenvalue weighted by atomic mass is 10.00. The maximum Gasteiger partial charge on any atom is 0.472 e. The SMILES string of the molecule is CCC(C)CCCCCCCCC(=O)OC[C@H](COP(=O)(O)OC[C@H](O)COP(=O)(O)OC[C@@H](COC(=O)CCCCCCCCCCCC(C)C)OC(=O)CCCCCCCCCCCC(C)C)OC(=O)CCCCCCCCC(C)C. The van der Waals surface area contributed by atoms with Gasteiger partial charge in [-0.2, -0.15) is 0 Å². The standard InChI is InChI=1S/C64H124O17P2/c1-9-57(8)43-35-27-21-23-29-37-45-62(67)75-51-60(81-64(69)47-39-31-22-20-26-34-42-56(6)7)53-79-83(72,73)77-49-58(65)48-76-82(70,71)78-52-59(80-63(68)46-38-30-19-15-11-13-17-25-33-41-55(4)5)50-74-61(66)44-36-28-18-14-10-12-16-24-32-40-54(2)3/h54-60,65H,9-53H2,1-8H3,(H,70,71)(H,72,73)/t57?,58-,59-,60-/m1/s1. The van der Waals surface area contributed by atoms with Crippen molar-refractivity contribution >= 4 is 39.5 Å². The summed E-state index contributed by atoms with van der Waals surface area (Å²) in [5.41, 5.74) is 0. The summed E-state index contributed by atoms with van der Waals surface area (Å²) in [6.07, 6.45) is 33.7. The number of aliphatic hydroxyl groups excluding tert-OH is 1. The normalized spacial score (nSPS) is 14.8. The second-order valence-corrected chi connectivity index (χ2v) is 27.7. The van der Waals surface area contributed by atoms with Crippen LogP contribution in [0.5, 0.6) is 0 Å². The van der Waals surface area contributed by atoms with Gasteiger partial charge in [-0.1, -0.05) is 254 Å². The number of hydrogen-bond donors (Lipinski definition) is 3. The average Bonchev–Trinajstić information content (AvgIpc) is 3.44. The summed E-state index contributed by atoms with van der Waals surface area (Å²) >= 11 is 0. The molecule has 0 aromatic rings. The lowest BCUT2D eigenvalue weighted by Crippen LogP contribution is -2.30. The molecule has 17 nitrogen and oxygen atoms in total. The molecule has 3 N–H and O–H groups in total. The zero-order valence-electron chi connectivity index (χ0n) is 53.8. The summed E-state index contributed by atoms with van der Waals surface area (Å²) in [6.45, 7) is 13.9. The molecule has 0 aliphatic rings. The number of carbonyl (C=O) groups is 4. The van der Waals surface area contributed by atoms with E-state index in [1.165, 1.54) is 103 Å². The van der Waals surface area contributed by atoms with Crippen molar-refractivity contribution in [3.05, 3.63) is 0 Å². The van der Waals surface area contributed by atoms with Gasteiger partial charge in [0.25, 0.3) is 0 Å². The Bertz CT molecular complexity index is 1660. The number of phosphoric ester groups is 2. The first-order valence-corrected chi connectivity index (χ1v) is 36.2. The molecule has 0 saturated heterocycles. The minimum absolute atomic E-state index is 0.100. The van der Waals surface area contributed by atoms with Gasteiger partial charge in [0.2, 0.25) is 0 Å². The fourth-order valence-electron chi connectivity index (χ4n) is 9.40. The lowest BCUT2D eigenvalue weighted by Gasteiger charge is -2.21. The van der Waals surface area contributed by atoms with Gasteiger partial charge in [-0.25, -0.2) is 9.13 Å². The number of ether oxygens (including phenoxy) is 4. The molecule has 0 aliphatic heterocycles. The molecule has 0 fully saturated rings. The van der Waals surface area contributed by atoms with E-state index in [1.54, 1.807) is 0 Å². The highest BCUT2D eigenvalue weighted by atomic mass is 31.2. The third-order valence-electron chi connectivity index (χ3n) is 14.9. The van der Waals surface area contributed by atoms with E-state index in [4.69, 9.17) is 37.0 Å². The Hall–Kier alpha value is -1.94. The van der Waals surface area contributed by atoms with E-state index in [1.807, 2.05) is 0 Å². The van der Waals surface area contributed by atoms with Crippen molar-refractivity contribution in [1.29, 1.82) is 0 Å². The van der Waals surface area contributed by atoms with Crippen LogP contribution in [0.3, 0.4) is 0 Å². The first-order chi connectivity index (χ1) is 39.6. The molecule has 3 unspecified atom stereocenters. The highest BCUT2D eigenvalue weighted by Crippen LogP contribution is 2.45. The molecular weight excluding hydrogens is 1100 g/mol. The molecule has 0 heterocycles. The maximum absolute atomic E-state index is 13.0. The second-order valence-electron chi connectivity index (χ2n) is 24.8. The van der Waals surface area contributed by atoms with Crippen LogP contribution in [-0.4, -0.2) is 96.7 Å². The molecule has 0 aromatic heterocycles. The van der Waals surface area contributed by atoms with Crippen molar-refractivity contribution in [2.24, 2.45) is 23.7 Å². The maximum atomic E-state index is 13.0. The molecule has 0 amide bonds. The van der Waals surface area contributed by atoms with Crippen LogP contribution < -0.4 is 0 Å². The molecule has 83 heavy (non-hydrogen) atoms. The van der Waals surface area contributed by atoms with Gasteiger partial charge in [-0.05, 0) is 49.4 Å². The van der Waals surface area contributed by atoms with E-state index in [9.17, 15) is 43.2 Å². The van der Waals surface area contributed by atoms with Crippen molar-refractivity contribution < 1.29 is 80.2 Å². The van der Waals surface area contributed by atoms with Crippen molar-refractivity contribution in [2.75, 3.05) is 39.6 Å². The fourth-order valence-corrected chi connectivity index (χ4v) is 11.0. The van der Waals surface area contributed by atoms with Crippen LogP contribution in [0, 0.1) is 23.7 Å². The number of hydrogen-bond acceptors (Lipinski definition) is 15. The predicted molar refractivity (Wildman–Crippen MR) is 331 cm³/mol. The van der Waals surface area contributed by atoms with Crippen molar-refractivity contribution in [3.63, 3.8) is 0 Å². The van der Waals surface area contributed by atoms with E-state index < -0.39 is 97.5 Å². The van der Waals surface area contributed by atoms with Crippen LogP contribution in [0.25, 0.3) is 0 Å². The predicted octanol–water partition coefficient (Wildman–Crippen LogP) is 17.4. The fraction of sp³-hybridized carbons (Fsp3) is 0.938. The monoisotopic (exact) mass is 1230 g/mol. The Kier molecular flexibility index (Phi) is 53.0. The molecule has 0 rings (SSSR count). The highest BCUT2D eigenvalue weighted by molar-refractivity contribution is 7.47. The zero-order valence-corrected chi connectivity index (χ0v) is 55.6. The lowest BCUT2D eigenvalue weighted by molar-refractivity contribution is -0.161. The third-order valence-corrected chi connectivity index (χ3v) is 16.8. The van der Waals surface area contributed by atoms with Gasteiger partial charge in [-0.15, -0.1) is 0 Å². The number of esters is 4. The van der Waals surface area contributed by atoms with Gasteiger partial charge in [0.15, 0.2) is 12.2 Å². The Balaban J connectivity index is 5.25. The average molecular weight is 1230 g/mol. The molecule has 0 aliphatic carbocycles. The summed E-state index contributed by atoms with van der Waals surface area (Å²) in [5, 5.41) is 10.5. The van der Waals surface area contributed by atoms with E-state index in [0.29, 0.717) is 31.6 Å². The third kappa shape index (κ3) is 57.6. The molecule has 19 heteroatoms. The molecule has 0 radical (unpaired) electrons. The van der Waals surface area contributed by atoms with E-state index in [0.717, 1.165) is 114 Å². The van der Waals surface area contributed by atoms with Crippen LogP contribution >= 0.6 is 15.6 Å². The molecule has 492 valence electrons. The Morgan fingerprint density at radius 3 is 0.855 bits per heavy atom. The van der Waals surface area contributed by atoms with Crippen LogP contribution in [-0.2, 0) is 65.4 Å².